The molecule has 7 nitrogen and oxygen atoms in total. The number of hydrogen-bond donors (Lipinski definition) is 3. The lowest BCUT2D eigenvalue weighted by molar-refractivity contribution is -0.118. The predicted molar refractivity (Wildman–Crippen MR) is 128 cm³/mol. The Hall–Kier alpha value is -3.26. The van der Waals surface area contributed by atoms with Gasteiger partial charge in [0.15, 0.2) is 0 Å². The first-order valence-electron chi connectivity index (χ1n) is 10.0. The molecule has 0 fully saturated rings. The summed E-state index contributed by atoms with van der Waals surface area (Å²) in [6.07, 6.45) is 3.89. The summed E-state index contributed by atoms with van der Waals surface area (Å²) in [5, 5.41) is 9.22. The summed E-state index contributed by atoms with van der Waals surface area (Å²) < 4.78 is 4.80. The molecule has 0 saturated heterocycles. The van der Waals surface area contributed by atoms with Crippen molar-refractivity contribution in [3.8, 4) is 0 Å². The number of benzene rings is 2. The number of amides is 1. The molecule has 1 amide bonds. The molecule has 0 saturated carbocycles. The fourth-order valence-corrected chi connectivity index (χ4v) is 3.85. The van der Waals surface area contributed by atoms with Crippen molar-refractivity contribution in [1.82, 2.24) is 15.3 Å². The van der Waals surface area contributed by atoms with Crippen molar-refractivity contribution in [3.63, 3.8) is 0 Å². The number of rotatable bonds is 8. The number of aromatic nitrogens is 2. The van der Waals surface area contributed by atoms with Gasteiger partial charge in [-0.3, -0.25) is 4.79 Å². The van der Waals surface area contributed by atoms with Gasteiger partial charge >= 0.3 is 0 Å². The Morgan fingerprint density at radius 3 is 2.42 bits per heavy atom. The first-order chi connectivity index (χ1) is 14.9. The van der Waals surface area contributed by atoms with Gasteiger partial charge in [0.25, 0.3) is 0 Å². The van der Waals surface area contributed by atoms with E-state index in [0.717, 1.165) is 27.7 Å². The second-order valence-electron chi connectivity index (χ2n) is 7.19. The van der Waals surface area contributed by atoms with Crippen LogP contribution in [-0.2, 0) is 15.5 Å². The van der Waals surface area contributed by atoms with Crippen LogP contribution in [0.2, 0.25) is 0 Å². The molecule has 1 heterocycles. The van der Waals surface area contributed by atoms with Crippen molar-refractivity contribution >= 4 is 39.7 Å². The summed E-state index contributed by atoms with van der Waals surface area (Å²) in [6.45, 7) is 6.65. The van der Waals surface area contributed by atoms with Gasteiger partial charge in [-0.05, 0) is 56.5 Å². The molecule has 0 aliphatic heterocycles. The molecule has 2 aromatic carbocycles. The molecule has 0 spiro atoms. The molecule has 3 N–H and O–H groups in total. The topological polar surface area (TPSA) is 91.3 Å². The summed E-state index contributed by atoms with van der Waals surface area (Å²) in [6, 6.07) is 16.4. The predicted octanol–water partition coefficient (Wildman–Crippen LogP) is 4.51. The molecule has 0 aliphatic rings. The minimum absolute atomic E-state index is 0.0476. The standard InChI is InChI=1S/C23H28N6OS/c1-16-5-7-20(8-6-16)29-31(4)21-11-9-19(10-12-21)27-23-26-15-17(2)22(28-23)25-14-13-24-18(3)30/h5-12,15H,13-14H2,1-4H3,(H,24,30)(H2,25,26,27,28). The largest absolute Gasteiger partial charge is 0.368 e. The van der Waals surface area contributed by atoms with Crippen LogP contribution >= 0.6 is 0 Å². The molecule has 0 aliphatic carbocycles. The molecule has 1 atom stereocenters. The third kappa shape index (κ3) is 6.89. The van der Waals surface area contributed by atoms with E-state index in [1.54, 1.807) is 6.20 Å². The normalized spacial score (nSPS) is 11.7. The highest BCUT2D eigenvalue weighted by atomic mass is 32.2. The van der Waals surface area contributed by atoms with Crippen LogP contribution in [-0.4, -0.2) is 35.2 Å². The second-order valence-corrected chi connectivity index (χ2v) is 8.80. The zero-order chi connectivity index (χ0) is 22.2. The van der Waals surface area contributed by atoms with Crippen molar-refractivity contribution < 1.29 is 4.79 Å². The Kier molecular flexibility index (Phi) is 7.72. The lowest BCUT2D eigenvalue weighted by Gasteiger charge is -2.11. The van der Waals surface area contributed by atoms with E-state index in [4.69, 9.17) is 4.36 Å². The molecule has 0 radical (unpaired) electrons. The smallest absolute Gasteiger partial charge is 0.229 e. The van der Waals surface area contributed by atoms with E-state index in [1.165, 1.54) is 12.5 Å². The van der Waals surface area contributed by atoms with Crippen LogP contribution in [0.3, 0.4) is 0 Å². The van der Waals surface area contributed by atoms with Crippen molar-refractivity contribution in [2.24, 2.45) is 4.36 Å². The van der Waals surface area contributed by atoms with Crippen LogP contribution in [0, 0.1) is 13.8 Å². The number of aryl methyl sites for hydroxylation is 2. The van der Waals surface area contributed by atoms with Crippen LogP contribution in [0.5, 0.6) is 0 Å². The lowest BCUT2D eigenvalue weighted by atomic mass is 10.2. The molecule has 31 heavy (non-hydrogen) atoms. The maximum atomic E-state index is 11.0. The minimum atomic E-state index is -0.235. The van der Waals surface area contributed by atoms with Gasteiger partial charge in [0.05, 0.1) is 5.69 Å². The Labute approximate surface area is 185 Å². The first-order valence-corrected chi connectivity index (χ1v) is 11.6. The number of anilines is 3. The monoisotopic (exact) mass is 436 g/mol. The Morgan fingerprint density at radius 1 is 1.03 bits per heavy atom. The first kappa shape index (κ1) is 22.4. The number of carbonyl (C=O) groups excluding carboxylic acids is 1. The Balaban J connectivity index is 1.64. The molecule has 162 valence electrons. The average molecular weight is 437 g/mol. The van der Waals surface area contributed by atoms with E-state index in [0.29, 0.717) is 19.0 Å². The van der Waals surface area contributed by atoms with Crippen LogP contribution < -0.4 is 16.0 Å². The van der Waals surface area contributed by atoms with Gasteiger partial charge in [-0.2, -0.15) is 4.98 Å². The van der Waals surface area contributed by atoms with Crippen LogP contribution in [0.1, 0.15) is 18.1 Å². The minimum Gasteiger partial charge on any atom is -0.368 e. The lowest BCUT2D eigenvalue weighted by Crippen LogP contribution is -2.26. The summed E-state index contributed by atoms with van der Waals surface area (Å²) in [7, 11) is -0.235. The zero-order valence-electron chi connectivity index (χ0n) is 18.3. The van der Waals surface area contributed by atoms with Gasteiger partial charge in [-0.15, -0.1) is 0 Å². The molecule has 1 unspecified atom stereocenters. The molecule has 3 rings (SSSR count). The van der Waals surface area contributed by atoms with Crippen molar-refractivity contribution in [1.29, 1.82) is 0 Å². The molecule has 3 aromatic rings. The summed E-state index contributed by atoms with van der Waals surface area (Å²) in [5.41, 5.74) is 4.07. The quantitative estimate of drug-likeness (QED) is 0.452. The van der Waals surface area contributed by atoms with Crippen LogP contribution in [0.15, 0.2) is 64.0 Å². The van der Waals surface area contributed by atoms with Gasteiger partial charge in [-0.25, -0.2) is 9.35 Å². The number of hydrogen-bond acceptors (Lipinski definition) is 6. The van der Waals surface area contributed by atoms with E-state index in [1.807, 2.05) is 31.2 Å². The molecular weight excluding hydrogens is 408 g/mol. The highest BCUT2D eigenvalue weighted by Gasteiger charge is 2.05. The Morgan fingerprint density at radius 2 is 1.74 bits per heavy atom. The molecular formula is C23H28N6OS. The van der Waals surface area contributed by atoms with Crippen LogP contribution in [0.25, 0.3) is 0 Å². The van der Waals surface area contributed by atoms with E-state index in [2.05, 4.69) is 63.4 Å². The fraction of sp³-hybridized carbons (Fsp3) is 0.261. The highest BCUT2D eigenvalue weighted by molar-refractivity contribution is 7.86. The number of carbonyl (C=O) groups is 1. The van der Waals surface area contributed by atoms with Gasteiger partial charge < -0.3 is 16.0 Å². The third-order valence-corrected chi connectivity index (χ3v) is 5.93. The summed E-state index contributed by atoms with van der Waals surface area (Å²) >= 11 is 0. The summed E-state index contributed by atoms with van der Waals surface area (Å²) in [5.74, 6) is 1.21. The van der Waals surface area contributed by atoms with E-state index in [-0.39, 0.29) is 16.6 Å². The van der Waals surface area contributed by atoms with Crippen molar-refractivity contribution in [3.05, 3.63) is 65.9 Å². The average Bonchev–Trinajstić information content (AvgIpc) is 2.75. The second kappa shape index (κ2) is 10.7. The van der Waals surface area contributed by atoms with E-state index < -0.39 is 0 Å². The van der Waals surface area contributed by atoms with Crippen molar-refractivity contribution in [2.75, 3.05) is 30.0 Å². The maximum Gasteiger partial charge on any atom is 0.229 e. The van der Waals surface area contributed by atoms with Crippen LogP contribution in [0.4, 0.5) is 23.1 Å². The van der Waals surface area contributed by atoms with E-state index in [9.17, 15) is 4.79 Å². The fourth-order valence-electron chi connectivity index (χ4n) is 2.78. The van der Waals surface area contributed by atoms with Gasteiger partial charge in [0.1, 0.15) is 5.82 Å². The highest BCUT2D eigenvalue weighted by Crippen LogP contribution is 2.21. The molecule has 8 heteroatoms. The van der Waals surface area contributed by atoms with Crippen molar-refractivity contribution in [2.45, 2.75) is 25.7 Å². The van der Waals surface area contributed by atoms with Gasteiger partial charge in [0.2, 0.25) is 11.9 Å². The zero-order valence-corrected chi connectivity index (χ0v) is 19.1. The molecule has 1 aromatic heterocycles. The SMILES string of the molecule is CC(=O)NCCNc1nc(Nc2ccc(S(C)=Nc3ccc(C)cc3)cc2)ncc1C. The number of nitrogens with zero attached hydrogens (tertiary/aromatic N) is 3. The number of nitrogens with one attached hydrogen (secondary N) is 3. The van der Waals surface area contributed by atoms with E-state index >= 15 is 0 Å². The van der Waals surface area contributed by atoms with Gasteiger partial charge in [-0.1, -0.05) is 28.4 Å². The summed E-state index contributed by atoms with van der Waals surface area (Å²) in [4.78, 5) is 21.0. The Bertz CT molecular complexity index is 1060. The third-order valence-electron chi connectivity index (χ3n) is 4.49. The maximum absolute atomic E-state index is 11.0. The molecule has 0 bridgehead atoms. The van der Waals surface area contributed by atoms with Gasteiger partial charge in [0, 0.05) is 42.4 Å².